The lowest BCUT2D eigenvalue weighted by Gasteiger charge is -2.33. The normalized spacial score (nSPS) is 15.0. The second-order valence-corrected chi connectivity index (χ2v) is 6.69. The quantitative estimate of drug-likeness (QED) is 0.909. The van der Waals surface area contributed by atoms with Crippen molar-refractivity contribution in [2.45, 2.75) is 46.2 Å². The number of aryl methyl sites for hydroxylation is 3. The predicted octanol–water partition coefficient (Wildman–Crippen LogP) is 3.31. The molecule has 1 aliphatic heterocycles. The fourth-order valence-electron chi connectivity index (χ4n) is 3.10. The van der Waals surface area contributed by atoms with E-state index in [1.54, 1.807) is 21.7 Å². The fraction of sp³-hybridized carbons (Fsp3) is 0.389. The Hall–Kier alpha value is -2.34. The third-order valence-electron chi connectivity index (χ3n) is 4.39. The van der Waals surface area contributed by atoms with Crippen molar-refractivity contribution >= 4 is 34.9 Å². The molecule has 1 aromatic heterocycles. The number of rotatable bonds is 4. The molecule has 0 radical (unpaired) electrons. The lowest BCUT2D eigenvalue weighted by molar-refractivity contribution is -0.124. The molecule has 2 amide bonds. The smallest absolute Gasteiger partial charge is 0.247 e. The molecule has 2 heterocycles. The molecule has 0 unspecified atom stereocenters. The molecule has 0 spiro atoms. The number of fused-ring (bicyclic) bond motifs is 1. The standard InChI is InChI=1S/C18H21ClN4O2/c1-4-15(18(25)20-14-10-13(19)6-5-11(14)2)23-16-9-12(3)21-22(16)8-7-17(23)24/h5-6,9-10,15H,4,7-8H2,1-3H3,(H,20,25)/t15-/m1/s1. The van der Waals surface area contributed by atoms with Gasteiger partial charge in [-0.25, -0.2) is 4.68 Å². The van der Waals surface area contributed by atoms with E-state index in [1.807, 2.05) is 32.9 Å². The van der Waals surface area contributed by atoms with Crippen LogP contribution in [0.25, 0.3) is 0 Å². The molecule has 0 fully saturated rings. The first-order chi connectivity index (χ1) is 11.9. The summed E-state index contributed by atoms with van der Waals surface area (Å²) in [4.78, 5) is 27.0. The number of nitrogens with zero attached hydrogens (tertiary/aromatic N) is 3. The Balaban J connectivity index is 1.90. The number of anilines is 2. The van der Waals surface area contributed by atoms with E-state index in [0.29, 0.717) is 35.9 Å². The second-order valence-electron chi connectivity index (χ2n) is 6.25. The van der Waals surface area contributed by atoms with Gasteiger partial charge in [-0.2, -0.15) is 5.10 Å². The van der Waals surface area contributed by atoms with Gasteiger partial charge in [0.2, 0.25) is 11.8 Å². The number of hydrogen-bond acceptors (Lipinski definition) is 3. The number of carbonyl (C=O) groups is 2. The molecule has 0 saturated carbocycles. The topological polar surface area (TPSA) is 67.2 Å². The molecule has 1 N–H and O–H groups in total. The van der Waals surface area contributed by atoms with Gasteiger partial charge in [-0.05, 0) is 38.0 Å². The van der Waals surface area contributed by atoms with Gasteiger partial charge in [-0.1, -0.05) is 24.6 Å². The molecule has 1 aromatic carbocycles. The predicted molar refractivity (Wildman–Crippen MR) is 98.0 cm³/mol. The zero-order chi connectivity index (χ0) is 18.1. The van der Waals surface area contributed by atoms with E-state index in [4.69, 9.17) is 11.6 Å². The first kappa shape index (κ1) is 17.5. The lowest BCUT2D eigenvalue weighted by Crippen LogP contribution is -2.50. The van der Waals surface area contributed by atoms with Gasteiger partial charge in [0.1, 0.15) is 11.9 Å². The summed E-state index contributed by atoms with van der Waals surface area (Å²) in [5.41, 5.74) is 2.40. The van der Waals surface area contributed by atoms with Gasteiger partial charge in [0.05, 0.1) is 12.2 Å². The maximum atomic E-state index is 12.9. The van der Waals surface area contributed by atoms with Crippen molar-refractivity contribution in [2.75, 3.05) is 10.2 Å². The van der Waals surface area contributed by atoms with Crippen LogP contribution in [0.1, 0.15) is 31.0 Å². The van der Waals surface area contributed by atoms with Crippen molar-refractivity contribution in [3.05, 3.63) is 40.5 Å². The van der Waals surface area contributed by atoms with Gasteiger partial charge in [0, 0.05) is 23.2 Å². The number of benzene rings is 1. The number of hydrogen-bond donors (Lipinski definition) is 1. The lowest BCUT2D eigenvalue weighted by atomic mass is 10.1. The number of aromatic nitrogens is 2. The highest BCUT2D eigenvalue weighted by molar-refractivity contribution is 6.31. The van der Waals surface area contributed by atoms with Crippen LogP contribution in [0.2, 0.25) is 5.02 Å². The highest BCUT2D eigenvalue weighted by atomic mass is 35.5. The molecule has 0 aliphatic carbocycles. The van der Waals surface area contributed by atoms with E-state index in [0.717, 1.165) is 11.3 Å². The first-order valence-corrected chi connectivity index (χ1v) is 8.72. The van der Waals surface area contributed by atoms with Crippen LogP contribution < -0.4 is 10.2 Å². The van der Waals surface area contributed by atoms with Crippen LogP contribution in [0.5, 0.6) is 0 Å². The summed E-state index contributed by atoms with van der Waals surface area (Å²) in [5.74, 6) is 0.393. The summed E-state index contributed by atoms with van der Waals surface area (Å²) < 4.78 is 1.79. The summed E-state index contributed by atoms with van der Waals surface area (Å²) >= 11 is 6.03. The molecule has 132 valence electrons. The molecular formula is C18H21ClN4O2. The van der Waals surface area contributed by atoms with Crippen LogP contribution in [0.4, 0.5) is 11.5 Å². The Labute approximate surface area is 151 Å². The number of carbonyl (C=O) groups excluding carboxylic acids is 2. The third kappa shape index (κ3) is 3.39. The molecule has 1 atom stereocenters. The highest BCUT2D eigenvalue weighted by Crippen LogP contribution is 2.27. The maximum absolute atomic E-state index is 12.9. The van der Waals surface area contributed by atoms with Crippen molar-refractivity contribution < 1.29 is 9.59 Å². The minimum absolute atomic E-state index is 0.0581. The van der Waals surface area contributed by atoms with Crippen molar-refractivity contribution in [1.29, 1.82) is 0 Å². The Morgan fingerprint density at radius 1 is 1.36 bits per heavy atom. The summed E-state index contributed by atoms with van der Waals surface area (Å²) in [6, 6.07) is 6.59. The SMILES string of the molecule is CC[C@H](C(=O)Nc1cc(Cl)ccc1C)N1C(=O)CCn2nc(C)cc21. The van der Waals surface area contributed by atoms with E-state index < -0.39 is 6.04 Å². The third-order valence-corrected chi connectivity index (χ3v) is 4.63. The molecule has 0 bridgehead atoms. The number of halogens is 1. The Kier molecular flexibility index (Phi) is 4.81. The maximum Gasteiger partial charge on any atom is 0.247 e. The molecule has 1 aliphatic rings. The number of nitrogens with one attached hydrogen (secondary N) is 1. The average Bonchev–Trinajstić information content (AvgIpc) is 2.94. The second kappa shape index (κ2) is 6.88. The van der Waals surface area contributed by atoms with Crippen molar-refractivity contribution in [2.24, 2.45) is 0 Å². The molecule has 0 saturated heterocycles. The highest BCUT2D eigenvalue weighted by Gasteiger charge is 2.35. The van der Waals surface area contributed by atoms with Gasteiger partial charge in [0.25, 0.3) is 0 Å². The van der Waals surface area contributed by atoms with Gasteiger partial charge in [-0.3, -0.25) is 14.5 Å². The van der Waals surface area contributed by atoms with Crippen molar-refractivity contribution in [3.63, 3.8) is 0 Å². The zero-order valence-electron chi connectivity index (χ0n) is 14.5. The van der Waals surface area contributed by atoms with Crippen molar-refractivity contribution in [3.8, 4) is 0 Å². The zero-order valence-corrected chi connectivity index (χ0v) is 15.3. The van der Waals surface area contributed by atoms with Gasteiger partial charge in [-0.15, -0.1) is 0 Å². The summed E-state index contributed by atoms with van der Waals surface area (Å²) in [6.45, 7) is 6.22. The molecule has 3 rings (SSSR count). The van der Waals surface area contributed by atoms with Crippen LogP contribution in [-0.2, 0) is 16.1 Å². The Morgan fingerprint density at radius 3 is 2.84 bits per heavy atom. The molecule has 25 heavy (non-hydrogen) atoms. The van der Waals surface area contributed by atoms with E-state index in [1.165, 1.54) is 0 Å². The fourth-order valence-corrected chi connectivity index (χ4v) is 3.28. The largest absolute Gasteiger partial charge is 0.324 e. The van der Waals surface area contributed by atoms with Crippen LogP contribution in [0.15, 0.2) is 24.3 Å². The van der Waals surface area contributed by atoms with E-state index in [-0.39, 0.29) is 11.8 Å². The van der Waals surface area contributed by atoms with Gasteiger partial charge in [0.15, 0.2) is 0 Å². The van der Waals surface area contributed by atoms with E-state index >= 15 is 0 Å². The Morgan fingerprint density at radius 2 is 2.12 bits per heavy atom. The molecule has 6 nitrogen and oxygen atoms in total. The van der Waals surface area contributed by atoms with E-state index in [9.17, 15) is 9.59 Å². The molecule has 2 aromatic rings. The minimum Gasteiger partial charge on any atom is -0.324 e. The van der Waals surface area contributed by atoms with Gasteiger partial charge < -0.3 is 5.32 Å². The van der Waals surface area contributed by atoms with Crippen LogP contribution in [0.3, 0.4) is 0 Å². The average molecular weight is 361 g/mol. The van der Waals surface area contributed by atoms with Crippen LogP contribution >= 0.6 is 11.6 Å². The summed E-state index contributed by atoms with van der Waals surface area (Å²) in [6.07, 6.45) is 0.843. The Bertz CT molecular complexity index is 830. The molecular weight excluding hydrogens is 340 g/mol. The molecule has 7 heteroatoms. The summed E-state index contributed by atoms with van der Waals surface area (Å²) in [5, 5.41) is 7.86. The monoisotopic (exact) mass is 360 g/mol. The first-order valence-electron chi connectivity index (χ1n) is 8.34. The van der Waals surface area contributed by atoms with Crippen LogP contribution in [0, 0.1) is 13.8 Å². The van der Waals surface area contributed by atoms with Gasteiger partial charge >= 0.3 is 0 Å². The summed E-state index contributed by atoms with van der Waals surface area (Å²) in [7, 11) is 0. The van der Waals surface area contributed by atoms with E-state index in [2.05, 4.69) is 10.4 Å². The number of amides is 2. The van der Waals surface area contributed by atoms with Crippen LogP contribution in [-0.4, -0.2) is 27.6 Å². The van der Waals surface area contributed by atoms with Crippen molar-refractivity contribution in [1.82, 2.24) is 9.78 Å². The minimum atomic E-state index is -0.596.